The number of carbonyl (C=O) groups is 2. The molecule has 1 amide bonds. The third-order valence-electron chi connectivity index (χ3n) is 4.43. The van der Waals surface area contributed by atoms with Gasteiger partial charge in [-0.15, -0.1) is 0 Å². The van der Waals surface area contributed by atoms with E-state index >= 15 is 0 Å². The summed E-state index contributed by atoms with van der Waals surface area (Å²) in [6.07, 6.45) is 6.63. The Morgan fingerprint density at radius 2 is 1.83 bits per heavy atom. The number of rotatable bonds is 5. The standard InChI is InChI=1S/C20H22N2O2/c1-14-10-11-21-19(12-14)22-20(24)9-8-18(23)17-7-6-15-4-2-3-5-16(15)13-17/h6-7,10-13H,2-5,8-9H2,1H3,(H,21,22,24). The van der Waals surface area contributed by atoms with Crippen LogP contribution in [0.4, 0.5) is 5.82 Å². The summed E-state index contributed by atoms with van der Waals surface area (Å²) >= 11 is 0. The van der Waals surface area contributed by atoms with Gasteiger partial charge in [-0.1, -0.05) is 12.1 Å². The van der Waals surface area contributed by atoms with Gasteiger partial charge in [0.25, 0.3) is 0 Å². The molecule has 4 nitrogen and oxygen atoms in total. The van der Waals surface area contributed by atoms with Gasteiger partial charge < -0.3 is 5.32 Å². The number of nitrogens with one attached hydrogen (secondary N) is 1. The zero-order chi connectivity index (χ0) is 16.9. The fourth-order valence-corrected chi connectivity index (χ4v) is 3.09. The van der Waals surface area contributed by atoms with Crippen LogP contribution in [0.3, 0.4) is 0 Å². The molecule has 124 valence electrons. The third-order valence-corrected chi connectivity index (χ3v) is 4.43. The van der Waals surface area contributed by atoms with E-state index in [0.29, 0.717) is 5.82 Å². The van der Waals surface area contributed by atoms with Crippen molar-refractivity contribution >= 4 is 17.5 Å². The molecular weight excluding hydrogens is 300 g/mol. The van der Waals surface area contributed by atoms with Crippen molar-refractivity contribution in [3.8, 4) is 0 Å². The molecule has 1 aromatic carbocycles. The van der Waals surface area contributed by atoms with Crippen molar-refractivity contribution in [2.45, 2.75) is 45.4 Å². The number of Topliss-reactive ketones (excluding diaryl/α,β-unsaturated/α-hetero) is 1. The third kappa shape index (κ3) is 4.07. The normalized spacial score (nSPS) is 13.2. The van der Waals surface area contributed by atoms with E-state index in [-0.39, 0.29) is 24.5 Å². The second kappa shape index (κ2) is 7.39. The molecule has 2 aromatic rings. The summed E-state index contributed by atoms with van der Waals surface area (Å²) < 4.78 is 0. The van der Waals surface area contributed by atoms with Crippen molar-refractivity contribution in [2.24, 2.45) is 0 Å². The Morgan fingerprint density at radius 1 is 1.04 bits per heavy atom. The smallest absolute Gasteiger partial charge is 0.225 e. The van der Waals surface area contributed by atoms with Crippen LogP contribution < -0.4 is 5.32 Å². The number of aryl methyl sites for hydroxylation is 3. The van der Waals surface area contributed by atoms with Crippen LogP contribution in [0.2, 0.25) is 0 Å². The van der Waals surface area contributed by atoms with Gasteiger partial charge in [-0.25, -0.2) is 4.98 Å². The number of benzene rings is 1. The van der Waals surface area contributed by atoms with Gasteiger partial charge >= 0.3 is 0 Å². The first-order chi connectivity index (χ1) is 11.6. The van der Waals surface area contributed by atoms with Crippen molar-refractivity contribution in [1.29, 1.82) is 0 Å². The molecule has 0 aliphatic heterocycles. The predicted octanol–water partition coefficient (Wildman–Crippen LogP) is 3.87. The van der Waals surface area contributed by atoms with Crippen LogP contribution in [0, 0.1) is 6.92 Å². The molecule has 0 saturated heterocycles. The van der Waals surface area contributed by atoms with Gasteiger partial charge in [0.15, 0.2) is 5.78 Å². The highest BCUT2D eigenvalue weighted by Crippen LogP contribution is 2.23. The zero-order valence-corrected chi connectivity index (χ0v) is 14.0. The van der Waals surface area contributed by atoms with Gasteiger partial charge in [0, 0.05) is 24.6 Å². The van der Waals surface area contributed by atoms with E-state index in [9.17, 15) is 9.59 Å². The van der Waals surface area contributed by atoms with Crippen LogP contribution >= 0.6 is 0 Å². The van der Waals surface area contributed by atoms with E-state index in [1.165, 1.54) is 24.0 Å². The number of amides is 1. The highest BCUT2D eigenvalue weighted by molar-refractivity contribution is 6.00. The van der Waals surface area contributed by atoms with Crippen LogP contribution in [-0.2, 0) is 17.6 Å². The summed E-state index contributed by atoms with van der Waals surface area (Å²) in [5, 5.41) is 2.74. The van der Waals surface area contributed by atoms with Gasteiger partial charge in [0.05, 0.1) is 0 Å². The molecule has 0 spiro atoms. The molecule has 3 rings (SSSR count). The quantitative estimate of drug-likeness (QED) is 0.850. The monoisotopic (exact) mass is 322 g/mol. The van der Waals surface area contributed by atoms with Crippen molar-refractivity contribution in [2.75, 3.05) is 5.32 Å². The first kappa shape index (κ1) is 16.4. The van der Waals surface area contributed by atoms with E-state index in [4.69, 9.17) is 0 Å². The number of hydrogen-bond acceptors (Lipinski definition) is 3. The summed E-state index contributed by atoms with van der Waals surface area (Å²) in [7, 11) is 0. The van der Waals surface area contributed by atoms with Gasteiger partial charge in [-0.2, -0.15) is 0 Å². The summed E-state index contributed by atoms with van der Waals surface area (Å²) in [5.41, 5.74) is 4.41. The van der Waals surface area contributed by atoms with Gasteiger partial charge in [0.2, 0.25) is 5.91 Å². The van der Waals surface area contributed by atoms with E-state index in [1.807, 2.05) is 31.2 Å². The number of aromatic nitrogens is 1. The van der Waals surface area contributed by atoms with E-state index in [0.717, 1.165) is 24.0 Å². The van der Waals surface area contributed by atoms with Crippen LogP contribution in [0.15, 0.2) is 36.5 Å². The number of pyridine rings is 1. The largest absolute Gasteiger partial charge is 0.311 e. The molecule has 0 radical (unpaired) electrons. The van der Waals surface area contributed by atoms with Gasteiger partial charge in [-0.3, -0.25) is 9.59 Å². The van der Waals surface area contributed by atoms with Crippen LogP contribution in [0.25, 0.3) is 0 Å². The molecule has 1 aliphatic rings. The average molecular weight is 322 g/mol. The molecule has 1 aromatic heterocycles. The minimum Gasteiger partial charge on any atom is -0.311 e. The molecule has 0 unspecified atom stereocenters. The summed E-state index contributed by atoms with van der Waals surface area (Å²) in [6.45, 7) is 1.94. The van der Waals surface area contributed by atoms with Gasteiger partial charge in [-0.05, 0) is 67.5 Å². The highest BCUT2D eigenvalue weighted by atomic mass is 16.2. The molecule has 0 bridgehead atoms. The molecule has 0 fully saturated rings. The van der Waals surface area contributed by atoms with Crippen LogP contribution in [0.5, 0.6) is 0 Å². The molecule has 1 heterocycles. The minimum absolute atomic E-state index is 0.0238. The van der Waals surface area contributed by atoms with E-state index in [2.05, 4.69) is 16.4 Å². The topological polar surface area (TPSA) is 59.1 Å². The number of fused-ring (bicyclic) bond motifs is 1. The van der Waals surface area contributed by atoms with Crippen molar-refractivity contribution in [1.82, 2.24) is 4.98 Å². The van der Waals surface area contributed by atoms with E-state index in [1.54, 1.807) is 6.20 Å². The first-order valence-corrected chi connectivity index (χ1v) is 8.49. The minimum atomic E-state index is -0.181. The maximum atomic E-state index is 12.3. The van der Waals surface area contributed by atoms with Gasteiger partial charge in [0.1, 0.15) is 5.82 Å². The summed E-state index contributed by atoms with van der Waals surface area (Å²) in [4.78, 5) is 28.4. The average Bonchev–Trinajstić information content (AvgIpc) is 2.59. The second-order valence-electron chi connectivity index (χ2n) is 6.38. The summed E-state index contributed by atoms with van der Waals surface area (Å²) in [6, 6.07) is 9.65. The Morgan fingerprint density at radius 3 is 2.62 bits per heavy atom. The Labute approximate surface area is 142 Å². The SMILES string of the molecule is Cc1ccnc(NC(=O)CCC(=O)c2ccc3c(c2)CCCC3)c1. The predicted molar refractivity (Wildman–Crippen MR) is 94.3 cm³/mol. The maximum absolute atomic E-state index is 12.3. The van der Waals surface area contributed by atoms with Crippen LogP contribution in [0.1, 0.15) is 52.7 Å². The Kier molecular flexibility index (Phi) is 5.04. The fraction of sp³-hybridized carbons (Fsp3) is 0.350. The second-order valence-corrected chi connectivity index (χ2v) is 6.38. The zero-order valence-electron chi connectivity index (χ0n) is 14.0. The molecule has 24 heavy (non-hydrogen) atoms. The summed E-state index contributed by atoms with van der Waals surface area (Å²) in [5.74, 6) is 0.372. The van der Waals surface area contributed by atoms with Crippen molar-refractivity contribution in [3.05, 3.63) is 58.8 Å². The Hall–Kier alpha value is -2.49. The van der Waals surface area contributed by atoms with Crippen LogP contribution in [-0.4, -0.2) is 16.7 Å². The lowest BCUT2D eigenvalue weighted by Crippen LogP contribution is -2.14. The lowest BCUT2D eigenvalue weighted by Gasteiger charge is -2.16. The Bertz CT molecular complexity index is 768. The molecule has 1 N–H and O–H groups in total. The lowest BCUT2D eigenvalue weighted by molar-refractivity contribution is -0.116. The fourth-order valence-electron chi connectivity index (χ4n) is 3.09. The number of anilines is 1. The molecular formula is C20H22N2O2. The Balaban J connectivity index is 1.56. The van der Waals surface area contributed by atoms with Crippen molar-refractivity contribution in [3.63, 3.8) is 0 Å². The first-order valence-electron chi connectivity index (χ1n) is 8.49. The molecule has 4 heteroatoms. The maximum Gasteiger partial charge on any atom is 0.225 e. The van der Waals surface area contributed by atoms with E-state index < -0.39 is 0 Å². The molecule has 0 atom stereocenters. The van der Waals surface area contributed by atoms with Crippen molar-refractivity contribution < 1.29 is 9.59 Å². The number of carbonyl (C=O) groups excluding carboxylic acids is 2. The molecule has 1 aliphatic carbocycles. The molecule has 0 saturated carbocycles. The highest BCUT2D eigenvalue weighted by Gasteiger charge is 2.14. The lowest BCUT2D eigenvalue weighted by atomic mass is 9.89. The number of ketones is 1. The number of nitrogens with zero attached hydrogens (tertiary/aromatic N) is 1. The number of hydrogen-bond donors (Lipinski definition) is 1.